The Labute approximate surface area is 166 Å². The van der Waals surface area contributed by atoms with E-state index in [2.05, 4.69) is 4.98 Å². The number of methoxy groups -OCH3 is 2. The number of rotatable bonds is 5. The second-order valence-corrected chi connectivity index (χ2v) is 6.80. The maximum atomic E-state index is 13.1. The number of fused-ring (bicyclic) bond motifs is 1. The number of aromatic amines is 1. The van der Waals surface area contributed by atoms with Gasteiger partial charge in [-0.3, -0.25) is 14.4 Å². The topological polar surface area (TPSA) is 111 Å². The van der Waals surface area contributed by atoms with E-state index in [9.17, 15) is 19.5 Å². The van der Waals surface area contributed by atoms with Gasteiger partial charge in [0.1, 0.15) is 11.5 Å². The van der Waals surface area contributed by atoms with E-state index in [0.717, 1.165) is 5.39 Å². The van der Waals surface area contributed by atoms with Gasteiger partial charge in [-0.05, 0) is 36.6 Å². The number of carbonyl (C=O) groups excluding carboxylic acids is 1. The minimum Gasteiger partial charge on any atom is -0.507 e. The molecule has 0 amide bonds. The number of aryl methyl sites for hydroxylation is 2. The number of esters is 1. The van der Waals surface area contributed by atoms with Crippen LogP contribution >= 0.6 is 0 Å². The second-order valence-electron chi connectivity index (χ2n) is 6.80. The number of aromatic hydroxyl groups is 1. The van der Waals surface area contributed by atoms with Crippen molar-refractivity contribution in [2.24, 2.45) is 7.05 Å². The number of hydrogen-bond acceptors (Lipinski definition) is 6. The van der Waals surface area contributed by atoms with Gasteiger partial charge in [0.2, 0.25) is 0 Å². The Bertz CT molecular complexity index is 1210. The molecule has 8 nitrogen and oxygen atoms in total. The minimum atomic E-state index is -0.975. The number of ether oxygens (including phenoxy) is 2. The van der Waals surface area contributed by atoms with Crippen LogP contribution in [0, 0.1) is 6.92 Å². The Hall–Kier alpha value is -3.55. The average molecular weight is 398 g/mol. The van der Waals surface area contributed by atoms with Crippen LogP contribution in [0.3, 0.4) is 0 Å². The molecule has 0 saturated heterocycles. The molecule has 0 fully saturated rings. The lowest BCUT2D eigenvalue weighted by Gasteiger charge is -2.19. The maximum Gasteiger partial charge on any atom is 0.306 e. The smallest absolute Gasteiger partial charge is 0.306 e. The van der Waals surface area contributed by atoms with E-state index in [-0.39, 0.29) is 28.9 Å². The molecule has 2 N–H and O–H groups in total. The molecule has 0 aliphatic rings. The lowest BCUT2D eigenvalue weighted by Crippen LogP contribution is -2.28. The predicted molar refractivity (Wildman–Crippen MR) is 108 cm³/mol. The number of H-pyrrole nitrogens is 1. The summed E-state index contributed by atoms with van der Waals surface area (Å²) in [6, 6.07) is 8.28. The van der Waals surface area contributed by atoms with E-state index in [4.69, 9.17) is 9.47 Å². The zero-order chi connectivity index (χ0) is 21.3. The van der Waals surface area contributed by atoms with Gasteiger partial charge < -0.3 is 24.1 Å². The van der Waals surface area contributed by atoms with Gasteiger partial charge in [0, 0.05) is 30.3 Å². The van der Waals surface area contributed by atoms with Crippen LogP contribution in [0.15, 0.2) is 39.9 Å². The maximum absolute atomic E-state index is 13.1. The summed E-state index contributed by atoms with van der Waals surface area (Å²) in [6.07, 6.45) is -0.271. The van der Waals surface area contributed by atoms with E-state index in [0.29, 0.717) is 17.0 Å². The fourth-order valence-electron chi connectivity index (χ4n) is 3.48. The van der Waals surface area contributed by atoms with Gasteiger partial charge in [0.05, 0.1) is 31.7 Å². The van der Waals surface area contributed by atoms with Gasteiger partial charge in [-0.15, -0.1) is 0 Å². The first kappa shape index (κ1) is 20.2. The number of aromatic nitrogens is 2. The van der Waals surface area contributed by atoms with Gasteiger partial charge in [-0.2, -0.15) is 0 Å². The van der Waals surface area contributed by atoms with Crippen molar-refractivity contribution in [1.29, 1.82) is 0 Å². The molecule has 0 aliphatic carbocycles. The number of carbonyl (C=O) groups is 1. The molecule has 1 atom stereocenters. The van der Waals surface area contributed by atoms with Crippen LogP contribution in [-0.2, 0) is 16.6 Å². The van der Waals surface area contributed by atoms with Crippen molar-refractivity contribution in [3.63, 3.8) is 0 Å². The van der Waals surface area contributed by atoms with Crippen molar-refractivity contribution in [1.82, 2.24) is 9.55 Å². The zero-order valence-electron chi connectivity index (χ0n) is 16.6. The van der Waals surface area contributed by atoms with Crippen molar-refractivity contribution < 1.29 is 19.4 Å². The molecule has 2 aromatic heterocycles. The van der Waals surface area contributed by atoms with Crippen LogP contribution in [-0.4, -0.2) is 34.8 Å². The molecule has 0 aliphatic heterocycles. The van der Waals surface area contributed by atoms with E-state index < -0.39 is 17.4 Å². The van der Waals surface area contributed by atoms with Crippen LogP contribution in [0.4, 0.5) is 0 Å². The number of nitrogens with zero attached hydrogens (tertiary/aromatic N) is 1. The third-order valence-electron chi connectivity index (χ3n) is 4.97. The first-order valence-electron chi connectivity index (χ1n) is 8.94. The Morgan fingerprint density at radius 2 is 1.93 bits per heavy atom. The van der Waals surface area contributed by atoms with E-state index in [1.165, 1.54) is 24.9 Å². The van der Waals surface area contributed by atoms with E-state index in [1.54, 1.807) is 38.2 Å². The quantitative estimate of drug-likeness (QED) is 0.636. The summed E-state index contributed by atoms with van der Waals surface area (Å²) in [5, 5.41) is 11.2. The van der Waals surface area contributed by atoms with Gasteiger partial charge in [-0.25, -0.2) is 0 Å². The third kappa shape index (κ3) is 3.73. The second kappa shape index (κ2) is 7.83. The molecule has 0 radical (unpaired) electrons. The molecular formula is C21H22N2O6. The van der Waals surface area contributed by atoms with Crippen LogP contribution in [0.5, 0.6) is 11.5 Å². The summed E-state index contributed by atoms with van der Waals surface area (Å²) in [5.41, 5.74) is 0.307. The largest absolute Gasteiger partial charge is 0.507 e. The number of nitrogens with one attached hydrogen (secondary N) is 1. The van der Waals surface area contributed by atoms with Gasteiger partial charge in [-0.1, -0.05) is 0 Å². The van der Waals surface area contributed by atoms with Crippen LogP contribution < -0.4 is 15.9 Å². The summed E-state index contributed by atoms with van der Waals surface area (Å²) < 4.78 is 11.4. The molecule has 1 unspecified atom stereocenters. The van der Waals surface area contributed by atoms with Crippen molar-refractivity contribution >= 4 is 16.9 Å². The van der Waals surface area contributed by atoms with Crippen molar-refractivity contribution in [3.05, 3.63) is 67.9 Å². The van der Waals surface area contributed by atoms with E-state index in [1.807, 2.05) is 0 Å². The first-order chi connectivity index (χ1) is 13.8. The highest BCUT2D eigenvalue weighted by molar-refractivity contribution is 5.82. The van der Waals surface area contributed by atoms with Crippen molar-refractivity contribution in [2.45, 2.75) is 19.3 Å². The minimum absolute atomic E-state index is 0.0500. The third-order valence-corrected chi connectivity index (χ3v) is 4.97. The summed E-state index contributed by atoms with van der Waals surface area (Å²) in [4.78, 5) is 40.4. The zero-order valence-corrected chi connectivity index (χ0v) is 16.6. The lowest BCUT2D eigenvalue weighted by molar-refractivity contribution is -0.140. The Kier molecular flexibility index (Phi) is 5.45. The molecule has 0 saturated carbocycles. The Balaban J connectivity index is 2.31. The summed E-state index contributed by atoms with van der Waals surface area (Å²) in [6.45, 7) is 1.63. The molecular weight excluding hydrogens is 376 g/mol. The van der Waals surface area contributed by atoms with Gasteiger partial charge >= 0.3 is 5.97 Å². The predicted octanol–water partition coefficient (Wildman–Crippen LogP) is 1.94. The molecule has 1 aromatic carbocycles. The monoisotopic (exact) mass is 398 g/mol. The molecule has 152 valence electrons. The summed E-state index contributed by atoms with van der Waals surface area (Å²) in [7, 11) is 4.36. The fourth-order valence-corrected chi connectivity index (χ4v) is 3.48. The normalized spacial score (nSPS) is 12.0. The standard InChI is InChI=1S/C21H22N2O6/c1-11-7-17(24)19(20(26)22-11)14(10-18(25)29-4)15-8-12-5-6-13(28-3)9-16(12)23(2)21(15)27/h5-9,14H,10H2,1-4H3,(H2,22,24,26). The fraction of sp³-hybridized carbons (Fsp3) is 0.286. The highest BCUT2D eigenvalue weighted by Gasteiger charge is 2.28. The van der Waals surface area contributed by atoms with Crippen LogP contribution in [0.2, 0.25) is 0 Å². The first-order valence-corrected chi connectivity index (χ1v) is 8.94. The highest BCUT2D eigenvalue weighted by atomic mass is 16.5. The van der Waals surface area contributed by atoms with Gasteiger partial charge in [0.15, 0.2) is 0 Å². The SMILES string of the molecule is COC(=O)CC(c1c(O)cc(C)[nH]c1=O)c1cc2ccc(OC)cc2n(C)c1=O. The molecule has 0 spiro atoms. The Morgan fingerprint density at radius 1 is 1.21 bits per heavy atom. The average Bonchev–Trinajstić information content (AvgIpc) is 2.68. The molecule has 2 heterocycles. The molecule has 3 rings (SSSR count). The number of hydrogen-bond donors (Lipinski definition) is 2. The highest BCUT2D eigenvalue weighted by Crippen LogP contribution is 2.32. The van der Waals surface area contributed by atoms with E-state index >= 15 is 0 Å². The molecule has 8 heteroatoms. The Morgan fingerprint density at radius 3 is 2.55 bits per heavy atom. The molecule has 3 aromatic rings. The van der Waals surface area contributed by atoms with Gasteiger partial charge in [0.25, 0.3) is 11.1 Å². The van der Waals surface area contributed by atoms with Crippen LogP contribution in [0.1, 0.15) is 29.2 Å². The lowest BCUT2D eigenvalue weighted by atomic mass is 9.88. The summed E-state index contributed by atoms with van der Waals surface area (Å²) >= 11 is 0. The number of pyridine rings is 2. The molecule has 0 bridgehead atoms. The molecule has 29 heavy (non-hydrogen) atoms. The van der Waals surface area contributed by atoms with Crippen molar-refractivity contribution in [2.75, 3.05) is 14.2 Å². The van der Waals surface area contributed by atoms with Crippen LogP contribution in [0.25, 0.3) is 10.9 Å². The summed E-state index contributed by atoms with van der Waals surface area (Å²) in [5.74, 6) is -1.26. The van der Waals surface area contributed by atoms with Crippen molar-refractivity contribution in [3.8, 4) is 11.5 Å². The number of benzene rings is 1.